The van der Waals surface area contributed by atoms with Gasteiger partial charge in [0.25, 0.3) is 0 Å². The lowest BCUT2D eigenvalue weighted by molar-refractivity contribution is 0.0544. The Bertz CT molecular complexity index is 855. The quantitative estimate of drug-likeness (QED) is 0.693. The largest absolute Gasteiger partial charge is 0.497 e. The molecule has 2 aliphatic heterocycles. The Morgan fingerprint density at radius 3 is 2.45 bits per heavy atom. The maximum atomic E-state index is 13.3. The number of hydrogen-bond donors (Lipinski definition) is 0. The van der Waals surface area contributed by atoms with E-state index in [9.17, 15) is 4.79 Å². The van der Waals surface area contributed by atoms with E-state index in [0.717, 1.165) is 48.0 Å². The van der Waals surface area contributed by atoms with Crippen molar-refractivity contribution in [3.05, 3.63) is 42.0 Å². The van der Waals surface area contributed by atoms with Crippen LogP contribution in [-0.4, -0.2) is 61.0 Å². The maximum absolute atomic E-state index is 13.3. The van der Waals surface area contributed by atoms with Crippen LogP contribution in [0.15, 0.2) is 36.4 Å². The number of rotatable bonds is 5. The Hall–Kier alpha value is -1.91. The zero-order valence-electron chi connectivity index (χ0n) is 18.1. The smallest absolute Gasteiger partial charge is 0.167 e. The number of ether oxygens (including phenoxy) is 1. The van der Waals surface area contributed by atoms with E-state index in [1.54, 1.807) is 7.11 Å². The van der Waals surface area contributed by atoms with E-state index in [1.807, 2.05) is 30.3 Å². The van der Waals surface area contributed by atoms with E-state index in [1.165, 1.54) is 25.9 Å². The second-order valence-corrected chi connectivity index (χ2v) is 8.99. The van der Waals surface area contributed by atoms with E-state index >= 15 is 0 Å². The number of likely N-dealkylation sites (tertiary alicyclic amines) is 2. The van der Waals surface area contributed by atoms with Gasteiger partial charge in [0, 0.05) is 30.1 Å². The first-order chi connectivity index (χ1) is 14.0. The molecule has 2 heterocycles. The van der Waals surface area contributed by atoms with Crippen molar-refractivity contribution in [2.45, 2.75) is 51.6 Å². The zero-order valence-corrected chi connectivity index (χ0v) is 18.1. The summed E-state index contributed by atoms with van der Waals surface area (Å²) in [5.74, 6) is 1.29. The van der Waals surface area contributed by atoms with Gasteiger partial charge in [0.1, 0.15) is 5.75 Å². The fourth-order valence-electron chi connectivity index (χ4n) is 5.06. The van der Waals surface area contributed by atoms with Crippen molar-refractivity contribution in [1.82, 2.24) is 9.80 Å². The number of carbonyl (C=O) groups excluding carboxylic acids is 1. The third kappa shape index (κ3) is 4.49. The lowest BCUT2D eigenvalue weighted by Crippen LogP contribution is -2.50. The number of fused-ring (bicyclic) bond motifs is 1. The SMILES string of the molecule is COc1ccc2cc(C(=O)[C@@H]3CCCN(C4CCN(C(C)C)CC4)C3)ccc2c1. The first kappa shape index (κ1) is 20.4. The molecular weight excluding hydrogens is 360 g/mol. The van der Waals surface area contributed by atoms with Gasteiger partial charge in [-0.2, -0.15) is 0 Å². The van der Waals surface area contributed by atoms with Crippen LogP contribution in [0.4, 0.5) is 0 Å². The molecule has 4 rings (SSSR count). The number of nitrogens with zero attached hydrogens (tertiary/aromatic N) is 2. The molecule has 156 valence electrons. The summed E-state index contributed by atoms with van der Waals surface area (Å²) in [6.07, 6.45) is 4.61. The molecule has 2 saturated heterocycles. The molecular formula is C25H34N2O2. The van der Waals surface area contributed by atoms with Crippen LogP contribution < -0.4 is 4.74 Å². The van der Waals surface area contributed by atoms with Crippen molar-refractivity contribution in [1.29, 1.82) is 0 Å². The molecule has 0 spiro atoms. The molecule has 2 fully saturated rings. The first-order valence-electron chi connectivity index (χ1n) is 11.2. The van der Waals surface area contributed by atoms with Crippen LogP contribution in [0.25, 0.3) is 10.8 Å². The average molecular weight is 395 g/mol. The molecule has 0 bridgehead atoms. The van der Waals surface area contributed by atoms with Crippen LogP contribution in [0.3, 0.4) is 0 Å². The molecule has 4 heteroatoms. The van der Waals surface area contributed by atoms with Crippen LogP contribution in [0.5, 0.6) is 5.75 Å². The van der Waals surface area contributed by atoms with Crippen molar-refractivity contribution in [3.63, 3.8) is 0 Å². The van der Waals surface area contributed by atoms with Gasteiger partial charge in [-0.15, -0.1) is 0 Å². The summed E-state index contributed by atoms with van der Waals surface area (Å²) in [5.41, 5.74) is 0.851. The molecule has 4 nitrogen and oxygen atoms in total. The summed E-state index contributed by atoms with van der Waals surface area (Å²) in [7, 11) is 1.68. The summed E-state index contributed by atoms with van der Waals surface area (Å²) in [4.78, 5) is 18.5. The van der Waals surface area contributed by atoms with E-state index in [-0.39, 0.29) is 5.92 Å². The first-order valence-corrected chi connectivity index (χ1v) is 11.2. The maximum Gasteiger partial charge on any atom is 0.167 e. The van der Waals surface area contributed by atoms with E-state index in [2.05, 4.69) is 29.7 Å². The highest BCUT2D eigenvalue weighted by Gasteiger charge is 2.32. The highest BCUT2D eigenvalue weighted by Crippen LogP contribution is 2.28. The minimum atomic E-state index is 0.127. The van der Waals surface area contributed by atoms with Crippen LogP contribution in [0.1, 0.15) is 49.9 Å². The Kier molecular flexibility index (Phi) is 6.21. The van der Waals surface area contributed by atoms with Crippen LogP contribution >= 0.6 is 0 Å². The lowest BCUT2D eigenvalue weighted by Gasteiger charge is -2.43. The van der Waals surface area contributed by atoms with Crippen LogP contribution in [0, 0.1) is 5.92 Å². The fraction of sp³-hybridized carbons (Fsp3) is 0.560. The van der Waals surface area contributed by atoms with Crippen molar-refractivity contribution in [2.24, 2.45) is 5.92 Å². The summed E-state index contributed by atoms with van der Waals surface area (Å²) < 4.78 is 5.31. The van der Waals surface area contributed by atoms with Gasteiger partial charge in [0.15, 0.2) is 5.78 Å². The van der Waals surface area contributed by atoms with Crippen LogP contribution in [-0.2, 0) is 0 Å². The highest BCUT2D eigenvalue weighted by molar-refractivity contribution is 6.01. The third-order valence-electron chi connectivity index (χ3n) is 6.90. The number of carbonyl (C=O) groups is 1. The monoisotopic (exact) mass is 394 g/mol. The van der Waals surface area contributed by atoms with Crippen molar-refractivity contribution >= 4 is 16.6 Å². The predicted molar refractivity (Wildman–Crippen MR) is 119 cm³/mol. The molecule has 2 aromatic carbocycles. The second kappa shape index (κ2) is 8.85. The Morgan fingerprint density at radius 2 is 1.72 bits per heavy atom. The van der Waals surface area contributed by atoms with Crippen molar-refractivity contribution < 1.29 is 9.53 Å². The molecule has 0 unspecified atom stereocenters. The minimum absolute atomic E-state index is 0.127. The van der Waals surface area contributed by atoms with Gasteiger partial charge in [-0.3, -0.25) is 9.69 Å². The second-order valence-electron chi connectivity index (χ2n) is 8.99. The van der Waals surface area contributed by atoms with Gasteiger partial charge in [-0.25, -0.2) is 0 Å². The molecule has 2 aliphatic rings. The highest BCUT2D eigenvalue weighted by atomic mass is 16.5. The Morgan fingerprint density at radius 1 is 1.00 bits per heavy atom. The van der Waals surface area contributed by atoms with Gasteiger partial charge < -0.3 is 9.64 Å². The van der Waals surface area contributed by atoms with Crippen LogP contribution in [0.2, 0.25) is 0 Å². The number of benzene rings is 2. The number of methoxy groups -OCH3 is 1. The number of Topliss-reactive ketones (excluding diaryl/α,β-unsaturated/α-hetero) is 1. The molecule has 1 atom stereocenters. The molecule has 0 amide bonds. The third-order valence-corrected chi connectivity index (χ3v) is 6.90. The van der Waals surface area contributed by atoms with Gasteiger partial charge >= 0.3 is 0 Å². The average Bonchev–Trinajstić information content (AvgIpc) is 2.78. The summed E-state index contributed by atoms with van der Waals surface area (Å²) in [6.45, 7) is 9.02. The summed E-state index contributed by atoms with van der Waals surface area (Å²) >= 11 is 0. The standard InChI is InChI=1S/C25H34N2O2/c1-18(2)26-13-10-23(11-14-26)27-12-4-5-22(17-27)25(28)21-7-6-20-16-24(29-3)9-8-19(20)15-21/h6-9,15-16,18,22-23H,4-5,10-14,17H2,1-3H3/t22-/m1/s1. The topological polar surface area (TPSA) is 32.8 Å². The molecule has 0 aromatic heterocycles. The van der Waals surface area contributed by atoms with Gasteiger partial charge in [-0.1, -0.05) is 18.2 Å². The predicted octanol–water partition coefficient (Wildman–Crippen LogP) is 4.62. The fourth-order valence-corrected chi connectivity index (χ4v) is 5.06. The number of hydrogen-bond acceptors (Lipinski definition) is 4. The minimum Gasteiger partial charge on any atom is -0.497 e. The van der Waals surface area contributed by atoms with Crippen molar-refractivity contribution in [2.75, 3.05) is 33.3 Å². The molecule has 0 saturated carbocycles. The molecule has 2 aromatic rings. The summed E-state index contributed by atoms with van der Waals surface area (Å²) in [5, 5.41) is 2.22. The van der Waals surface area contributed by atoms with Crippen molar-refractivity contribution in [3.8, 4) is 5.75 Å². The molecule has 0 aliphatic carbocycles. The van der Waals surface area contributed by atoms with Gasteiger partial charge in [-0.05, 0) is 88.1 Å². The molecule has 0 N–H and O–H groups in total. The molecule has 0 radical (unpaired) electrons. The zero-order chi connectivity index (χ0) is 20.4. The van der Waals surface area contributed by atoms with E-state index in [0.29, 0.717) is 17.9 Å². The van der Waals surface area contributed by atoms with E-state index in [4.69, 9.17) is 4.74 Å². The number of ketones is 1. The van der Waals surface area contributed by atoms with Gasteiger partial charge in [0.2, 0.25) is 0 Å². The lowest BCUT2D eigenvalue weighted by atomic mass is 9.87. The summed E-state index contributed by atoms with van der Waals surface area (Å²) in [6, 6.07) is 13.4. The van der Waals surface area contributed by atoms with E-state index < -0.39 is 0 Å². The van der Waals surface area contributed by atoms with Gasteiger partial charge in [0.05, 0.1) is 7.11 Å². The normalized spacial score (nSPS) is 22.3. The molecule has 29 heavy (non-hydrogen) atoms. The number of piperidine rings is 2. The Balaban J connectivity index is 1.43. The Labute approximate surface area is 174 Å².